The van der Waals surface area contributed by atoms with Gasteiger partial charge in [0.25, 0.3) is 0 Å². The van der Waals surface area contributed by atoms with Gasteiger partial charge in [0.2, 0.25) is 5.91 Å². The molecule has 1 aliphatic heterocycles. The second kappa shape index (κ2) is 9.10. The predicted molar refractivity (Wildman–Crippen MR) is 106 cm³/mol. The van der Waals surface area contributed by atoms with Gasteiger partial charge < -0.3 is 10.2 Å². The molecule has 0 radical (unpaired) electrons. The van der Waals surface area contributed by atoms with Gasteiger partial charge in [-0.05, 0) is 43.6 Å². The van der Waals surface area contributed by atoms with E-state index in [9.17, 15) is 4.79 Å². The summed E-state index contributed by atoms with van der Waals surface area (Å²) < 4.78 is 0. The van der Waals surface area contributed by atoms with Crippen LogP contribution in [0.25, 0.3) is 0 Å². The lowest BCUT2D eigenvalue weighted by molar-refractivity contribution is -0.121. The zero-order valence-electron chi connectivity index (χ0n) is 14.4. The maximum atomic E-state index is 12.1. The van der Waals surface area contributed by atoms with Crippen molar-refractivity contribution in [3.05, 3.63) is 48.4 Å². The molecule has 1 amide bonds. The third-order valence-electron chi connectivity index (χ3n) is 4.08. The number of thiocarbonyl (C=S) groups is 1. The molecule has 1 fully saturated rings. The van der Waals surface area contributed by atoms with E-state index in [2.05, 4.69) is 31.0 Å². The van der Waals surface area contributed by atoms with Crippen molar-refractivity contribution in [1.29, 1.82) is 0 Å². The lowest BCUT2D eigenvalue weighted by atomic mass is 10.1. The zero-order chi connectivity index (χ0) is 18.2. The Morgan fingerprint density at radius 1 is 1.08 bits per heavy atom. The number of hydrogen-bond donors (Lipinski definition) is 3. The Morgan fingerprint density at radius 3 is 2.62 bits per heavy atom. The zero-order valence-corrected chi connectivity index (χ0v) is 15.3. The van der Waals surface area contributed by atoms with E-state index >= 15 is 0 Å². The highest BCUT2D eigenvalue weighted by molar-refractivity contribution is 7.80. The van der Waals surface area contributed by atoms with Crippen LogP contribution in [0.5, 0.6) is 0 Å². The highest BCUT2D eigenvalue weighted by atomic mass is 32.1. The van der Waals surface area contributed by atoms with E-state index in [1.54, 1.807) is 0 Å². The standard InChI is InChI=1S/C18H22N6OS/c25-17(22-23-18(26)21-14-7-3-1-4-8-14)12-15-11-16(20-13-19-15)24-9-5-2-6-10-24/h1,3-4,7-8,11,13H,2,5-6,9-10,12H2,(H,22,25)(H2,21,23,26). The fourth-order valence-electron chi connectivity index (χ4n) is 2.80. The van der Waals surface area contributed by atoms with Crippen molar-refractivity contribution >= 4 is 34.7 Å². The topological polar surface area (TPSA) is 82.2 Å². The number of carbonyl (C=O) groups excluding carboxylic acids is 1. The average molecular weight is 370 g/mol. The van der Waals surface area contributed by atoms with Crippen LogP contribution in [0.3, 0.4) is 0 Å². The Kier molecular flexibility index (Phi) is 6.32. The summed E-state index contributed by atoms with van der Waals surface area (Å²) in [6.07, 6.45) is 5.29. The van der Waals surface area contributed by atoms with E-state index in [-0.39, 0.29) is 12.3 Å². The number of hydrogen-bond acceptors (Lipinski definition) is 5. The highest BCUT2D eigenvalue weighted by Crippen LogP contribution is 2.17. The first kappa shape index (κ1) is 18.1. The molecule has 2 aromatic rings. The maximum absolute atomic E-state index is 12.1. The fourth-order valence-corrected chi connectivity index (χ4v) is 2.97. The Labute approximate surface area is 158 Å². The van der Waals surface area contributed by atoms with E-state index in [4.69, 9.17) is 12.2 Å². The largest absolute Gasteiger partial charge is 0.357 e. The molecule has 8 heteroatoms. The van der Waals surface area contributed by atoms with Crippen molar-refractivity contribution in [2.45, 2.75) is 25.7 Å². The van der Waals surface area contributed by atoms with Crippen LogP contribution in [-0.4, -0.2) is 34.1 Å². The fraction of sp³-hybridized carbons (Fsp3) is 0.333. The Bertz CT molecular complexity index is 748. The van der Waals surface area contributed by atoms with E-state index in [0.29, 0.717) is 10.8 Å². The minimum absolute atomic E-state index is 0.157. The van der Waals surface area contributed by atoms with Crippen molar-refractivity contribution in [1.82, 2.24) is 20.8 Å². The van der Waals surface area contributed by atoms with Crippen LogP contribution in [0.15, 0.2) is 42.7 Å². The van der Waals surface area contributed by atoms with Gasteiger partial charge in [-0.3, -0.25) is 15.6 Å². The van der Waals surface area contributed by atoms with Crippen molar-refractivity contribution in [2.75, 3.05) is 23.3 Å². The van der Waals surface area contributed by atoms with Crippen LogP contribution >= 0.6 is 12.2 Å². The molecule has 2 heterocycles. The number of rotatable bonds is 4. The molecule has 1 saturated heterocycles. The van der Waals surface area contributed by atoms with E-state index in [1.807, 2.05) is 36.4 Å². The second-order valence-electron chi connectivity index (χ2n) is 6.09. The molecule has 1 aromatic carbocycles. The number of amides is 1. The highest BCUT2D eigenvalue weighted by Gasteiger charge is 2.13. The average Bonchev–Trinajstić information content (AvgIpc) is 2.68. The summed E-state index contributed by atoms with van der Waals surface area (Å²) in [5.74, 6) is 0.669. The number of nitrogens with one attached hydrogen (secondary N) is 3. The summed E-state index contributed by atoms with van der Waals surface area (Å²) in [6, 6.07) is 11.4. The first-order valence-electron chi connectivity index (χ1n) is 8.67. The van der Waals surface area contributed by atoms with Crippen LogP contribution in [-0.2, 0) is 11.2 Å². The van der Waals surface area contributed by atoms with E-state index in [1.165, 1.54) is 25.6 Å². The minimum atomic E-state index is -0.217. The molecule has 0 bridgehead atoms. The van der Waals surface area contributed by atoms with Crippen molar-refractivity contribution in [3.63, 3.8) is 0 Å². The number of carbonyl (C=O) groups is 1. The lowest BCUT2D eigenvalue weighted by Crippen LogP contribution is -2.44. The quantitative estimate of drug-likeness (QED) is 0.561. The first-order valence-corrected chi connectivity index (χ1v) is 9.08. The van der Waals surface area contributed by atoms with Gasteiger partial charge in [-0.15, -0.1) is 0 Å². The Balaban J connectivity index is 1.48. The summed E-state index contributed by atoms with van der Waals surface area (Å²) in [5.41, 5.74) is 6.81. The van der Waals surface area contributed by atoms with Gasteiger partial charge in [-0.25, -0.2) is 9.97 Å². The minimum Gasteiger partial charge on any atom is -0.357 e. The van der Waals surface area contributed by atoms with E-state index in [0.717, 1.165) is 24.6 Å². The molecule has 136 valence electrons. The number of benzene rings is 1. The van der Waals surface area contributed by atoms with Crippen LogP contribution in [0.1, 0.15) is 25.0 Å². The van der Waals surface area contributed by atoms with Gasteiger partial charge in [0.15, 0.2) is 5.11 Å². The molecule has 0 atom stereocenters. The number of hydrazine groups is 1. The number of anilines is 2. The molecule has 3 N–H and O–H groups in total. The molecule has 1 aliphatic rings. The molecule has 26 heavy (non-hydrogen) atoms. The monoisotopic (exact) mass is 370 g/mol. The number of aromatic nitrogens is 2. The van der Waals surface area contributed by atoms with Gasteiger partial charge in [0.05, 0.1) is 12.1 Å². The van der Waals surface area contributed by atoms with Crippen molar-refractivity contribution in [2.24, 2.45) is 0 Å². The molecule has 7 nitrogen and oxygen atoms in total. The normalized spacial score (nSPS) is 13.8. The third-order valence-corrected chi connectivity index (χ3v) is 4.28. The van der Waals surface area contributed by atoms with E-state index < -0.39 is 0 Å². The Morgan fingerprint density at radius 2 is 1.85 bits per heavy atom. The molecule has 1 aromatic heterocycles. The summed E-state index contributed by atoms with van der Waals surface area (Å²) in [6.45, 7) is 2.01. The second-order valence-corrected chi connectivity index (χ2v) is 6.49. The molecule has 0 spiro atoms. The summed E-state index contributed by atoms with van der Waals surface area (Å²) in [5, 5.41) is 3.31. The van der Waals surface area contributed by atoms with Gasteiger partial charge in [0.1, 0.15) is 12.1 Å². The van der Waals surface area contributed by atoms with Crippen LogP contribution in [0, 0.1) is 0 Å². The molecule has 3 rings (SSSR count). The van der Waals surface area contributed by atoms with Crippen LogP contribution < -0.4 is 21.1 Å². The predicted octanol–water partition coefficient (Wildman–Crippen LogP) is 2.03. The third kappa shape index (κ3) is 5.38. The van der Waals surface area contributed by atoms with Crippen molar-refractivity contribution < 1.29 is 4.79 Å². The number of nitrogens with zero attached hydrogens (tertiary/aromatic N) is 3. The summed E-state index contributed by atoms with van der Waals surface area (Å²) in [4.78, 5) is 22.9. The van der Waals surface area contributed by atoms with Gasteiger partial charge in [-0.2, -0.15) is 0 Å². The SMILES string of the molecule is O=C(Cc1cc(N2CCCCC2)ncn1)NNC(=S)Nc1ccccc1. The Hall–Kier alpha value is -2.74. The lowest BCUT2D eigenvalue weighted by Gasteiger charge is -2.27. The van der Waals surface area contributed by atoms with Gasteiger partial charge in [-0.1, -0.05) is 18.2 Å². The number of piperidine rings is 1. The summed E-state index contributed by atoms with van der Waals surface area (Å²) >= 11 is 5.16. The number of para-hydroxylation sites is 1. The molecular weight excluding hydrogens is 348 g/mol. The molecular formula is C18H22N6OS. The van der Waals surface area contributed by atoms with Gasteiger partial charge in [0, 0.05) is 24.8 Å². The molecule has 0 aliphatic carbocycles. The van der Waals surface area contributed by atoms with Crippen LogP contribution in [0.4, 0.5) is 11.5 Å². The molecule has 0 unspecified atom stereocenters. The van der Waals surface area contributed by atoms with Gasteiger partial charge >= 0.3 is 0 Å². The smallest absolute Gasteiger partial charge is 0.244 e. The first-order chi connectivity index (χ1) is 12.7. The maximum Gasteiger partial charge on any atom is 0.244 e. The summed E-state index contributed by atoms with van der Waals surface area (Å²) in [7, 11) is 0. The van der Waals surface area contributed by atoms with Crippen LogP contribution in [0.2, 0.25) is 0 Å². The van der Waals surface area contributed by atoms with Crippen molar-refractivity contribution in [3.8, 4) is 0 Å². The molecule has 0 saturated carbocycles.